The third-order valence-electron chi connectivity index (χ3n) is 6.65. The Balaban J connectivity index is 1.68. The Morgan fingerprint density at radius 3 is 2.06 bits per heavy atom. The normalized spacial score (nSPS) is 17.1. The molecule has 2 atom stereocenters. The SMILES string of the molecule is CCCCCCCCCC[C@@H]1c2ccc(OCOC)cc2OC[C@@H]1c1ccc(OCOC)cc1. The molecular weight excluding hydrogens is 428 g/mol. The first kappa shape index (κ1) is 26.4. The first-order chi connectivity index (χ1) is 16.8. The first-order valence-electron chi connectivity index (χ1n) is 12.9. The van der Waals surface area contributed by atoms with Gasteiger partial charge in [0.15, 0.2) is 13.6 Å². The number of methoxy groups -OCH3 is 2. The second kappa shape index (κ2) is 14.9. The van der Waals surface area contributed by atoms with Crippen molar-refractivity contribution in [3.8, 4) is 17.2 Å². The van der Waals surface area contributed by atoms with E-state index in [4.69, 9.17) is 23.7 Å². The molecule has 0 amide bonds. The third-order valence-corrected chi connectivity index (χ3v) is 6.65. The minimum Gasteiger partial charge on any atom is -0.492 e. The molecule has 0 radical (unpaired) electrons. The fourth-order valence-corrected chi connectivity index (χ4v) is 4.80. The van der Waals surface area contributed by atoms with Crippen molar-refractivity contribution in [2.75, 3.05) is 34.4 Å². The van der Waals surface area contributed by atoms with Gasteiger partial charge in [0.2, 0.25) is 0 Å². The quantitative estimate of drug-likeness (QED) is 0.188. The van der Waals surface area contributed by atoms with Gasteiger partial charge in [0.25, 0.3) is 0 Å². The summed E-state index contributed by atoms with van der Waals surface area (Å²) in [6.07, 6.45) is 11.8. The smallest absolute Gasteiger partial charge is 0.188 e. The van der Waals surface area contributed by atoms with E-state index in [-0.39, 0.29) is 13.6 Å². The summed E-state index contributed by atoms with van der Waals surface area (Å²) in [5.41, 5.74) is 2.57. The summed E-state index contributed by atoms with van der Waals surface area (Å²) >= 11 is 0. The molecule has 0 unspecified atom stereocenters. The molecule has 2 aromatic carbocycles. The summed E-state index contributed by atoms with van der Waals surface area (Å²) in [6.45, 7) is 3.43. The van der Waals surface area contributed by atoms with E-state index in [9.17, 15) is 0 Å². The van der Waals surface area contributed by atoms with Crippen LogP contribution in [0.2, 0.25) is 0 Å². The van der Waals surface area contributed by atoms with Gasteiger partial charge in [-0.05, 0) is 41.7 Å². The molecule has 1 heterocycles. The van der Waals surface area contributed by atoms with Crippen molar-refractivity contribution in [2.45, 2.75) is 76.5 Å². The van der Waals surface area contributed by atoms with Crippen molar-refractivity contribution in [2.24, 2.45) is 0 Å². The van der Waals surface area contributed by atoms with Gasteiger partial charge in [0.1, 0.15) is 17.2 Å². The van der Waals surface area contributed by atoms with Crippen molar-refractivity contribution in [1.82, 2.24) is 0 Å². The van der Waals surface area contributed by atoms with Crippen LogP contribution >= 0.6 is 0 Å². The first-order valence-corrected chi connectivity index (χ1v) is 12.9. The van der Waals surface area contributed by atoms with Crippen molar-refractivity contribution in [1.29, 1.82) is 0 Å². The van der Waals surface area contributed by atoms with Gasteiger partial charge in [-0.3, -0.25) is 0 Å². The van der Waals surface area contributed by atoms with Gasteiger partial charge in [0.05, 0.1) is 6.61 Å². The summed E-state index contributed by atoms with van der Waals surface area (Å²) in [6, 6.07) is 14.6. The number of fused-ring (bicyclic) bond motifs is 1. The zero-order chi connectivity index (χ0) is 24.0. The monoisotopic (exact) mass is 470 g/mol. The molecule has 0 aromatic heterocycles. The lowest BCUT2D eigenvalue weighted by molar-refractivity contribution is 0.0506. The van der Waals surface area contributed by atoms with Crippen LogP contribution in [-0.4, -0.2) is 34.4 Å². The lowest BCUT2D eigenvalue weighted by atomic mass is 9.77. The van der Waals surface area contributed by atoms with Crippen LogP contribution in [-0.2, 0) is 9.47 Å². The van der Waals surface area contributed by atoms with Gasteiger partial charge in [0, 0.05) is 26.2 Å². The summed E-state index contributed by atoms with van der Waals surface area (Å²) in [5.74, 6) is 3.28. The van der Waals surface area contributed by atoms with Gasteiger partial charge in [-0.2, -0.15) is 0 Å². The average Bonchev–Trinajstić information content (AvgIpc) is 2.88. The maximum absolute atomic E-state index is 6.25. The summed E-state index contributed by atoms with van der Waals surface area (Å²) in [7, 11) is 3.26. The van der Waals surface area contributed by atoms with E-state index in [1.54, 1.807) is 14.2 Å². The van der Waals surface area contributed by atoms with Crippen molar-refractivity contribution >= 4 is 0 Å². The molecule has 3 rings (SSSR count). The molecule has 1 aliphatic rings. The fraction of sp³-hybridized carbons (Fsp3) is 0.586. The minimum absolute atomic E-state index is 0.237. The van der Waals surface area contributed by atoms with Gasteiger partial charge >= 0.3 is 0 Å². The van der Waals surface area contributed by atoms with Crippen molar-refractivity contribution in [3.63, 3.8) is 0 Å². The predicted octanol–water partition coefficient (Wildman–Crippen LogP) is 7.44. The Bertz CT molecular complexity index is 820. The fourth-order valence-electron chi connectivity index (χ4n) is 4.80. The van der Waals surface area contributed by atoms with E-state index >= 15 is 0 Å². The minimum atomic E-state index is 0.237. The molecule has 1 aliphatic heterocycles. The number of rotatable bonds is 16. The molecular formula is C29H42O5. The standard InChI is InChI=1S/C29H42O5/c1-4-5-6-7-8-9-10-11-12-26-27-18-17-25(34-22-31-3)19-29(27)32-20-28(26)23-13-15-24(16-14-23)33-21-30-2/h13-19,26,28H,4-12,20-22H2,1-3H3/t26-,28-/m1/s1. The largest absolute Gasteiger partial charge is 0.492 e. The van der Waals surface area contributed by atoms with Crippen LogP contribution in [0, 0.1) is 0 Å². The predicted molar refractivity (Wildman–Crippen MR) is 136 cm³/mol. The van der Waals surface area contributed by atoms with Crippen LogP contribution in [0.3, 0.4) is 0 Å². The van der Waals surface area contributed by atoms with Gasteiger partial charge < -0.3 is 23.7 Å². The van der Waals surface area contributed by atoms with Crippen LogP contribution in [0.25, 0.3) is 0 Å². The van der Waals surface area contributed by atoms with E-state index in [0.717, 1.165) is 23.7 Å². The van der Waals surface area contributed by atoms with Crippen LogP contribution in [0.1, 0.15) is 87.7 Å². The maximum atomic E-state index is 6.25. The Morgan fingerprint density at radius 1 is 0.765 bits per heavy atom. The Kier molecular flexibility index (Phi) is 11.6. The number of hydrogen-bond donors (Lipinski definition) is 0. The molecule has 34 heavy (non-hydrogen) atoms. The lowest BCUT2D eigenvalue weighted by Gasteiger charge is -2.34. The zero-order valence-electron chi connectivity index (χ0n) is 21.2. The topological polar surface area (TPSA) is 46.2 Å². The number of unbranched alkanes of at least 4 members (excludes halogenated alkanes) is 7. The highest BCUT2D eigenvalue weighted by molar-refractivity contribution is 5.46. The number of benzene rings is 2. The number of hydrogen-bond acceptors (Lipinski definition) is 5. The van der Waals surface area contributed by atoms with Crippen LogP contribution in [0.15, 0.2) is 42.5 Å². The molecule has 0 fully saturated rings. The van der Waals surface area contributed by atoms with Crippen molar-refractivity contribution < 1.29 is 23.7 Å². The van der Waals surface area contributed by atoms with E-state index < -0.39 is 0 Å². The lowest BCUT2D eigenvalue weighted by Crippen LogP contribution is -2.24. The Hall–Kier alpha value is -2.24. The zero-order valence-corrected chi connectivity index (χ0v) is 21.2. The highest BCUT2D eigenvalue weighted by Crippen LogP contribution is 2.46. The van der Waals surface area contributed by atoms with Crippen LogP contribution in [0.5, 0.6) is 17.2 Å². The van der Waals surface area contributed by atoms with Crippen LogP contribution < -0.4 is 14.2 Å². The molecule has 2 aromatic rings. The molecule has 0 spiro atoms. The highest BCUT2D eigenvalue weighted by atomic mass is 16.7. The molecule has 0 N–H and O–H groups in total. The van der Waals surface area contributed by atoms with E-state index in [1.165, 1.54) is 62.5 Å². The Morgan fingerprint density at radius 2 is 1.38 bits per heavy atom. The average molecular weight is 471 g/mol. The highest BCUT2D eigenvalue weighted by Gasteiger charge is 2.32. The molecule has 5 nitrogen and oxygen atoms in total. The van der Waals surface area contributed by atoms with E-state index in [2.05, 4.69) is 25.1 Å². The molecule has 5 heteroatoms. The second-order valence-electron chi connectivity index (χ2n) is 9.16. The van der Waals surface area contributed by atoms with E-state index in [1.807, 2.05) is 24.3 Å². The summed E-state index contributed by atoms with van der Waals surface area (Å²) in [5, 5.41) is 0. The molecule has 0 aliphatic carbocycles. The molecule has 188 valence electrons. The molecule has 0 saturated heterocycles. The van der Waals surface area contributed by atoms with Gasteiger partial charge in [-0.15, -0.1) is 0 Å². The maximum Gasteiger partial charge on any atom is 0.188 e. The number of ether oxygens (including phenoxy) is 5. The van der Waals surface area contributed by atoms with Crippen LogP contribution in [0.4, 0.5) is 0 Å². The van der Waals surface area contributed by atoms with Gasteiger partial charge in [-0.25, -0.2) is 0 Å². The summed E-state index contributed by atoms with van der Waals surface area (Å²) < 4.78 is 27.5. The third kappa shape index (κ3) is 7.92. The molecule has 0 bridgehead atoms. The van der Waals surface area contributed by atoms with Gasteiger partial charge in [-0.1, -0.05) is 76.5 Å². The molecule has 0 saturated carbocycles. The second-order valence-corrected chi connectivity index (χ2v) is 9.16. The van der Waals surface area contributed by atoms with Crippen molar-refractivity contribution in [3.05, 3.63) is 53.6 Å². The van der Waals surface area contributed by atoms with E-state index in [0.29, 0.717) is 18.4 Å². The Labute approximate surface area is 205 Å². The summed E-state index contributed by atoms with van der Waals surface area (Å²) in [4.78, 5) is 0.